The Kier molecular flexibility index (Phi) is 8.49. The summed E-state index contributed by atoms with van der Waals surface area (Å²) in [6, 6.07) is 8.41. The average Bonchev–Trinajstić information content (AvgIpc) is 3.68. The molecule has 0 unspecified atom stereocenters. The highest BCUT2D eigenvalue weighted by Crippen LogP contribution is 2.39. The van der Waals surface area contributed by atoms with Crippen LogP contribution in [0.5, 0.6) is 11.5 Å². The fraction of sp³-hybridized carbons (Fsp3) is 0.483. The molecule has 0 saturated carbocycles. The third-order valence-corrected chi connectivity index (χ3v) is 10.4. The summed E-state index contributed by atoms with van der Waals surface area (Å²) < 4.78 is 88.9. The Morgan fingerprint density at radius 1 is 1.13 bits per heavy atom. The highest BCUT2D eigenvalue weighted by molar-refractivity contribution is 7.89. The molecule has 2 N–H and O–H groups in total. The lowest BCUT2D eigenvalue weighted by Gasteiger charge is -2.39. The van der Waals surface area contributed by atoms with Crippen LogP contribution in [-0.2, 0) is 32.3 Å². The maximum absolute atomic E-state index is 14.1. The molecule has 4 heterocycles. The van der Waals surface area contributed by atoms with Crippen molar-refractivity contribution in [1.82, 2.24) is 29.9 Å². The second-order valence-corrected chi connectivity index (χ2v) is 13.2. The van der Waals surface area contributed by atoms with Crippen molar-refractivity contribution in [2.45, 2.75) is 61.0 Å². The smallest absolute Gasteiger partial charge is 0.416 e. The first-order chi connectivity index (χ1) is 21.5. The van der Waals surface area contributed by atoms with Crippen LogP contribution in [0.4, 0.5) is 13.2 Å². The third-order valence-electron chi connectivity index (χ3n) is 8.50. The number of carbonyl (C=O) groups is 1. The Labute approximate surface area is 257 Å². The summed E-state index contributed by atoms with van der Waals surface area (Å²) in [4.78, 5) is 13.2. The topological polar surface area (TPSA) is 137 Å². The number of piperidine rings is 1. The number of benzene rings is 2. The van der Waals surface area contributed by atoms with Crippen molar-refractivity contribution in [3.8, 4) is 17.2 Å². The molecule has 0 radical (unpaired) electrons. The van der Waals surface area contributed by atoms with Crippen molar-refractivity contribution in [1.29, 1.82) is 0 Å². The number of amides is 1. The average molecular weight is 651 g/mol. The maximum atomic E-state index is 14.1. The molecular formula is C29H33F3N6O6S. The maximum Gasteiger partial charge on any atom is 0.416 e. The van der Waals surface area contributed by atoms with Gasteiger partial charge in [-0.25, -0.2) is 13.1 Å². The fourth-order valence-electron chi connectivity index (χ4n) is 6.07. The number of aromatic nitrogens is 3. The van der Waals surface area contributed by atoms with E-state index in [1.54, 1.807) is 18.3 Å². The molecule has 1 spiro atoms. The molecule has 3 aromatic rings. The number of ether oxygens (including phenoxy) is 3. The van der Waals surface area contributed by atoms with Crippen LogP contribution in [0.25, 0.3) is 5.69 Å². The van der Waals surface area contributed by atoms with Gasteiger partial charge in [0.2, 0.25) is 15.9 Å². The van der Waals surface area contributed by atoms with Crippen molar-refractivity contribution in [3.05, 3.63) is 59.9 Å². The van der Waals surface area contributed by atoms with Crippen LogP contribution in [0.15, 0.2) is 53.6 Å². The van der Waals surface area contributed by atoms with Crippen molar-refractivity contribution in [3.63, 3.8) is 0 Å². The first-order valence-corrected chi connectivity index (χ1v) is 16.0. The first kappa shape index (κ1) is 31.3. The van der Waals surface area contributed by atoms with Gasteiger partial charge in [0.15, 0.2) is 0 Å². The van der Waals surface area contributed by atoms with Gasteiger partial charge in [0.25, 0.3) is 0 Å². The van der Waals surface area contributed by atoms with Crippen molar-refractivity contribution >= 4 is 15.9 Å². The number of para-hydroxylation sites is 2. The van der Waals surface area contributed by atoms with E-state index in [2.05, 4.69) is 20.9 Å². The van der Waals surface area contributed by atoms with Crippen LogP contribution < -0.4 is 20.1 Å². The van der Waals surface area contributed by atoms with E-state index in [9.17, 15) is 26.4 Å². The van der Waals surface area contributed by atoms with Crippen molar-refractivity contribution in [2.24, 2.45) is 0 Å². The molecule has 2 saturated heterocycles. The normalized spacial score (nSPS) is 23.3. The van der Waals surface area contributed by atoms with Gasteiger partial charge in [0, 0.05) is 24.9 Å². The monoisotopic (exact) mass is 650 g/mol. The Bertz CT molecular complexity index is 1660. The zero-order valence-corrected chi connectivity index (χ0v) is 25.2. The molecule has 45 heavy (non-hydrogen) atoms. The number of hydrogen-bond donors (Lipinski definition) is 2. The van der Waals surface area contributed by atoms with Gasteiger partial charge in [0.05, 0.1) is 38.2 Å². The molecule has 2 fully saturated rings. The number of carbonyl (C=O) groups excluding carboxylic acids is 1. The van der Waals surface area contributed by atoms with E-state index < -0.39 is 50.3 Å². The Balaban J connectivity index is 1.29. The summed E-state index contributed by atoms with van der Waals surface area (Å²) in [7, 11) is -3.10. The molecule has 16 heteroatoms. The Hall–Kier alpha value is -3.73. The highest BCUT2D eigenvalue weighted by Gasteiger charge is 2.48. The predicted octanol–water partition coefficient (Wildman–Crippen LogP) is 2.66. The van der Waals surface area contributed by atoms with Crippen LogP contribution >= 0.6 is 0 Å². The molecule has 6 rings (SSSR count). The summed E-state index contributed by atoms with van der Waals surface area (Å²) in [6.07, 6.45) is -2.37. The standard InChI is InChI=1S/C29H33F3N6O6S/c1-42-24-5-3-2-4-22(24)37-16-20(35-36-37)18-44-21-15-23-27(39)34-28(8-11-33-12-9-28)10-13-43-25-7-6-19(29(30,31)32)14-26(25)45(40,41)38(23)17-21/h2-7,14,16,21,23,33H,8-13,15,17-18H2,1H3,(H,34,39)/t21-,23+/m1/s1. The van der Waals surface area contributed by atoms with Crippen LogP contribution in [0.2, 0.25) is 0 Å². The second-order valence-electron chi connectivity index (χ2n) is 11.4. The zero-order chi connectivity index (χ0) is 31.8. The van der Waals surface area contributed by atoms with Gasteiger partial charge in [-0.1, -0.05) is 17.3 Å². The number of alkyl halides is 3. The van der Waals surface area contributed by atoms with Crippen molar-refractivity contribution in [2.75, 3.05) is 33.4 Å². The summed E-state index contributed by atoms with van der Waals surface area (Å²) in [6.45, 7) is 0.987. The lowest BCUT2D eigenvalue weighted by Crippen LogP contribution is -2.58. The molecule has 12 nitrogen and oxygen atoms in total. The van der Waals surface area contributed by atoms with Gasteiger partial charge < -0.3 is 24.8 Å². The van der Waals surface area contributed by atoms with E-state index in [0.717, 1.165) is 16.4 Å². The van der Waals surface area contributed by atoms with Crippen LogP contribution in [0.3, 0.4) is 0 Å². The van der Waals surface area contributed by atoms with Gasteiger partial charge in [0.1, 0.15) is 33.8 Å². The van der Waals surface area contributed by atoms with E-state index in [1.807, 2.05) is 12.1 Å². The fourth-order valence-corrected chi connectivity index (χ4v) is 7.86. The lowest BCUT2D eigenvalue weighted by atomic mass is 9.85. The number of methoxy groups -OCH3 is 1. The van der Waals surface area contributed by atoms with E-state index in [1.165, 1.54) is 11.8 Å². The molecule has 3 aliphatic heterocycles. The number of sulfonamides is 1. The number of nitrogens with one attached hydrogen (secondary N) is 2. The van der Waals surface area contributed by atoms with Gasteiger partial charge in [-0.05, 0) is 56.3 Å². The number of hydrogen-bond acceptors (Lipinski definition) is 9. The predicted molar refractivity (Wildman–Crippen MR) is 153 cm³/mol. The molecule has 1 amide bonds. The molecule has 2 aromatic carbocycles. The minimum atomic E-state index is -4.79. The largest absolute Gasteiger partial charge is 0.494 e. The Morgan fingerprint density at radius 3 is 2.67 bits per heavy atom. The van der Waals surface area contributed by atoms with E-state index in [0.29, 0.717) is 55.5 Å². The quantitative estimate of drug-likeness (QED) is 0.427. The molecule has 2 atom stereocenters. The second kappa shape index (κ2) is 12.2. The number of fused-ring (bicyclic) bond motifs is 2. The zero-order valence-electron chi connectivity index (χ0n) is 24.4. The van der Waals surface area contributed by atoms with E-state index >= 15 is 0 Å². The Morgan fingerprint density at radius 2 is 1.91 bits per heavy atom. The first-order valence-electron chi connectivity index (χ1n) is 14.5. The number of nitrogens with zero attached hydrogens (tertiary/aromatic N) is 4. The summed E-state index contributed by atoms with van der Waals surface area (Å²) in [5, 5.41) is 14.6. The molecule has 0 bridgehead atoms. The van der Waals surface area contributed by atoms with Gasteiger partial charge in [-0.3, -0.25) is 4.79 Å². The van der Waals surface area contributed by atoms with Crippen LogP contribution in [0, 0.1) is 0 Å². The molecule has 242 valence electrons. The van der Waals surface area contributed by atoms with E-state index in [4.69, 9.17) is 14.2 Å². The minimum absolute atomic E-state index is 0.00477. The minimum Gasteiger partial charge on any atom is -0.494 e. The SMILES string of the molecule is COc1ccccc1-n1cc(CO[C@@H]2C[C@H]3C(=O)NC4(CCNCC4)CCOc4ccc(C(F)(F)F)cc4S(=O)(=O)N3C2)nn1. The molecular weight excluding hydrogens is 617 g/mol. The van der Waals surface area contributed by atoms with Crippen LogP contribution in [0.1, 0.15) is 36.9 Å². The molecule has 3 aliphatic rings. The summed E-state index contributed by atoms with van der Waals surface area (Å²) in [5.74, 6) is -0.139. The third kappa shape index (κ3) is 6.36. The van der Waals surface area contributed by atoms with Crippen LogP contribution in [-0.4, -0.2) is 84.7 Å². The molecule has 1 aromatic heterocycles. The lowest BCUT2D eigenvalue weighted by molar-refractivity contribution is -0.137. The summed E-state index contributed by atoms with van der Waals surface area (Å²) in [5.41, 5.74) is -0.700. The number of rotatable bonds is 5. The van der Waals surface area contributed by atoms with Crippen molar-refractivity contribution < 1.29 is 40.6 Å². The van der Waals surface area contributed by atoms with Gasteiger partial charge >= 0.3 is 6.18 Å². The highest BCUT2D eigenvalue weighted by atomic mass is 32.2. The number of halogens is 3. The molecule has 0 aliphatic carbocycles. The van der Waals surface area contributed by atoms with Gasteiger partial charge in [-0.15, -0.1) is 5.10 Å². The van der Waals surface area contributed by atoms with E-state index in [-0.39, 0.29) is 31.9 Å². The summed E-state index contributed by atoms with van der Waals surface area (Å²) >= 11 is 0. The van der Waals surface area contributed by atoms with Gasteiger partial charge in [-0.2, -0.15) is 17.5 Å².